The summed E-state index contributed by atoms with van der Waals surface area (Å²) in [6.45, 7) is 1.06. The normalized spacial score (nSPS) is 24.3. The molecule has 0 spiro atoms. The van der Waals surface area contributed by atoms with Crippen LogP contribution < -0.4 is 4.90 Å². The molecule has 1 aliphatic carbocycles. The van der Waals surface area contributed by atoms with Crippen LogP contribution in [0, 0.1) is 5.92 Å². The van der Waals surface area contributed by atoms with Gasteiger partial charge in [0.1, 0.15) is 5.82 Å². The molecule has 4 heteroatoms. The molecule has 3 nitrogen and oxygen atoms in total. The summed E-state index contributed by atoms with van der Waals surface area (Å²) in [5.41, 5.74) is 0.783. The Morgan fingerprint density at radius 1 is 1.26 bits per heavy atom. The monoisotopic (exact) mass is 280 g/mol. The molecule has 1 aromatic rings. The van der Waals surface area contributed by atoms with E-state index in [1.165, 1.54) is 38.5 Å². The average molecular weight is 281 g/mol. The second-order valence-electron chi connectivity index (χ2n) is 5.75. The van der Waals surface area contributed by atoms with Crippen molar-refractivity contribution in [1.82, 2.24) is 4.98 Å². The van der Waals surface area contributed by atoms with Crippen LogP contribution in [0.3, 0.4) is 0 Å². The summed E-state index contributed by atoms with van der Waals surface area (Å²) >= 11 is 6.34. The van der Waals surface area contributed by atoms with Gasteiger partial charge in [-0.15, -0.1) is 0 Å². The maximum absolute atomic E-state index is 9.13. The van der Waals surface area contributed by atoms with Crippen molar-refractivity contribution in [3.8, 4) is 0 Å². The van der Waals surface area contributed by atoms with E-state index >= 15 is 0 Å². The summed E-state index contributed by atoms with van der Waals surface area (Å²) in [5.74, 6) is 1.73. The number of anilines is 1. The highest BCUT2D eigenvalue weighted by molar-refractivity contribution is 6.33. The van der Waals surface area contributed by atoms with Gasteiger partial charge < -0.3 is 10.0 Å². The summed E-state index contributed by atoms with van der Waals surface area (Å²) in [5, 5.41) is 9.81. The Labute approximate surface area is 119 Å². The van der Waals surface area contributed by atoms with Crippen molar-refractivity contribution in [3.63, 3.8) is 0 Å². The van der Waals surface area contributed by atoms with Crippen LogP contribution in [0.5, 0.6) is 0 Å². The topological polar surface area (TPSA) is 36.4 Å². The van der Waals surface area contributed by atoms with Crippen molar-refractivity contribution in [2.75, 3.05) is 11.4 Å². The summed E-state index contributed by atoms with van der Waals surface area (Å²) in [4.78, 5) is 6.89. The number of nitrogens with zero attached hydrogens (tertiary/aromatic N) is 2. The summed E-state index contributed by atoms with van der Waals surface area (Å²) in [7, 11) is 0. The van der Waals surface area contributed by atoms with Crippen LogP contribution >= 0.6 is 11.6 Å². The summed E-state index contributed by atoms with van der Waals surface area (Å²) < 4.78 is 0. The number of pyridine rings is 1. The number of hydrogen-bond donors (Lipinski definition) is 1. The molecule has 1 saturated heterocycles. The molecular formula is C15H21ClN2O. The zero-order chi connectivity index (χ0) is 13.2. The molecule has 0 bridgehead atoms. The smallest absolute Gasteiger partial charge is 0.147 e. The Hall–Kier alpha value is -0.800. The zero-order valence-corrected chi connectivity index (χ0v) is 11.9. The molecule has 1 aromatic heterocycles. The highest BCUT2D eigenvalue weighted by Crippen LogP contribution is 2.39. The first-order valence-corrected chi connectivity index (χ1v) is 7.69. The SMILES string of the molecule is OCc1cnc(N2CCCC2C2CCCC2)c(Cl)c1. The third kappa shape index (κ3) is 2.59. The van der Waals surface area contributed by atoms with Crippen LogP contribution in [0.15, 0.2) is 12.3 Å². The average Bonchev–Trinajstić information content (AvgIpc) is 3.08. The molecule has 0 amide bonds. The van der Waals surface area contributed by atoms with Crippen molar-refractivity contribution in [2.45, 2.75) is 51.2 Å². The fourth-order valence-electron chi connectivity index (χ4n) is 3.66. The number of aliphatic hydroxyl groups excluding tert-OH is 1. The number of halogens is 1. The minimum atomic E-state index is -0.000939. The minimum Gasteiger partial charge on any atom is -0.392 e. The van der Waals surface area contributed by atoms with E-state index < -0.39 is 0 Å². The second-order valence-corrected chi connectivity index (χ2v) is 6.16. The highest BCUT2D eigenvalue weighted by Gasteiger charge is 2.34. The Balaban J connectivity index is 1.83. The van der Waals surface area contributed by atoms with Crippen LogP contribution in [-0.4, -0.2) is 22.7 Å². The lowest BCUT2D eigenvalue weighted by Gasteiger charge is -2.31. The van der Waals surface area contributed by atoms with Crippen LogP contribution in [0.25, 0.3) is 0 Å². The molecule has 19 heavy (non-hydrogen) atoms. The first kappa shape index (κ1) is 13.2. The van der Waals surface area contributed by atoms with Crippen molar-refractivity contribution in [1.29, 1.82) is 0 Å². The van der Waals surface area contributed by atoms with Crippen molar-refractivity contribution in [3.05, 3.63) is 22.8 Å². The molecule has 1 saturated carbocycles. The van der Waals surface area contributed by atoms with Gasteiger partial charge in [-0.2, -0.15) is 0 Å². The maximum atomic E-state index is 9.13. The Bertz CT molecular complexity index is 446. The van der Waals surface area contributed by atoms with Gasteiger partial charge in [-0.25, -0.2) is 4.98 Å². The van der Waals surface area contributed by atoms with Gasteiger partial charge in [0.15, 0.2) is 0 Å². The number of rotatable bonds is 3. The minimum absolute atomic E-state index is 0.000939. The fraction of sp³-hybridized carbons (Fsp3) is 0.667. The predicted octanol–water partition coefficient (Wildman–Crippen LogP) is 3.39. The van der Waals surface area contributed by atoms with E-state index in [1.807, 2.05) is 6.07 Å². The third-order valence-electron chi connectivity index (χ3n) is 4.58. The lowest BCUT2D eigenvalue weighted by Crippen LogP contribution is -2.35. The van der Waals surface area contributed by atoms with Gasteiger partial charge in [-0.3, -0.25) is 0 Å². The molecule has 1 atom stereocenters. The van der Waals surface area contributed by atoms with Gasteiger partial charge in [0.25, 0.3) is 0 Å². The molecule has 104 valence electrons. The molecule has 2 heterocycles. The molecule has 0 aromatic carbocycles. The van der Waals surface area contributed by atoms with E-state index in [9.17, 15) is 0 Å². The molecule has 1 aliphatic heterocycles. The molecule has 1 unspecified atom stereocenters. The number of aliphatic hydroxyl groups is 1. The van der Waals surface area contributed by atoms with Crippen LogP contribution in [-0.2, 0) is 6.61 Å². The fourth-order valence-corrected chi connectivity index (χ4v) is 3.95. The number of aromatic nitrogens is 1. The molecule has 3 rings (SSSR count). The van der Waals surface area contributed by atoms with Gasteiger partial charge in [-0.05, 0) is 43.2 Å². The van der Waals surface area contributed by atoms with Crippen molar-refractivity contribution >= 4 is 17.4 Å². The van der Waals surface area contributed by atoms with E-state index in [-0.39, 0.29) is 6.61 Å². The van der Waals surface area contributed by atoms with Gasteiger partial charge >= 0.3 is 0 Å². The Morgan fingerprint density at radius 2 is 2.05 bits per heavy atom. The van der Waals surface area contributed by atoms with Gasteiger partial charge in [0.05, 0.1) is 11.6 Å². The third-order valence-corrected chi connectivity index (χ3v) is 4.85. The molecule has 2 fully saturated rings. The van der Waals surface area contributed by atoms with Crippen LogP contribution in [0.2, 0.25) is 5.02 Å². The van der Waals surface area contributed by atoms with Gasteiger partial charge in [-0.1, -0.05) is 24.4 Å². The highest BCUT2D eigenvalue weighted by atomic mass is 35.5. The largest absolute Gasteiger partial charge is 0.392 e. The zero-order valence-electron chi connectivity index (χ0n) is 11.2. The van der Waals surface area contributed by atoms with E-state index in [4.69, 9.17) is 16.7 Å². The van der Waals surface area contributed by atoms with Gasteiger partial charge in [0, 0.05) is 18.8 Å². The molecule has 1 N–H and O–H groups in total. The van der Waals surface area contributed by atoms with Crippen molar-refractivity contribution in [2.24, 2.45) is 5.92 Å². The van der Waals surface area contributed by atoms with Crippen LogP contribution in [0.4, 0.5) is 5.82 Å². The van der Waals surface area contributed by atoms with Crippen molar-refractivity contribution < 1.29 is 5.11 Å². The lowest BCUT2D eigenvalue weighted by atomic mass is 9.96. The summed E-state index contributed by atoms with van der Waals surface area (Å²) in [6.07, 6.45) is 9.71. The predicted molar refractivity (Wildman–Crippen MR) is 77.5 cm³/mol. The Morgan fingerprint density at radius 3 is 2.74 bits per heavy atom. The first-order valence-electron chi connectivity index (χ1n) is 7.31. The van der Waals surface area contributed by atoms with E-state index in [2.05, 4.69) is 9.88 Å². The molecule has 2 aliphatic rings. The first-order chi connectivity index (χ1) is 9.29. The quantitative estimate of drug-likeness (QED) is 0.922. The van der Waals surface area contributed by atoms with E-state index in [0.717, 1.165) is 23.8 Å². The summed E-state index contributed by atoms with van der Waals surface area (Å²) in [6, 6.07) is 2.46. The second kappa shape index (κ2) is 5.68. The number of hydrogen-bond acceptors (Lipinski definition) is 3. The molecule has 0 radical (unpaired) electrons. The lowest BCUT2D eigenvalue weighted by molar-refractivity contribution is 0.281. The van der Waals surface area contributed by atoms with E-state index in [0.29, 0.717) is 11.1 Å². The van der Waals surface area contributed by atoms with E-state index in [1.54, 1.807) is 6.20 Å². The molecular weight excluding hydrogens is 260 g/mol. The van der Waals surface area contributed by atoms with Crippen LogP contribution in [0.1, 0.15) is 44.1 Å². The van der Waals surface area contributed by atoms with Gasteiger partial charge in [0.2, 0.25) is 0 Å². The standard InChI is InChI=1S/C15H21ClN2O/c16-13-8-11(10-19)9-17-15(13)18-7-3-6-14(18)12-4-1-2-5-12/h8-9,12,14,19H,1-7,10H2. The maximum Gasteiger partial charge on any atom is 0.147 e. The Kier molecular flexibility index (Phi) is 3.94.